The summed E-state index contributed by atoms with van der Waals surface area (Å²) in [5, 5.41) is 12.7. The van der Waals surface area contributed by atoms with Gasteiger partial charge in [-0.3, -0.25) is 4.90 Å². The number of likely N-dealkylation sites (tertiary alicyclic amines) is 1. The van der Waals surface area contributed by atoms with Crippen LogP contribution in [0.15, 0.2) is 48.5 Å². The van der Waals surface area contributed by atoms with Gasteiger partial charge in [-0.25, -0.2) is 9.07 Å². The molecule has 0 saturated carbocycles. The van der Waals surface area contributed by atoms with Crippen molar-refractivity contribution < 1.29 is 4.39 Å². The van der Waals surface area contributed by atoms with Crippen molar-refractivity contribution in [2.24, 2.45) is 5.92 Å². The molecule has 0 aliphatic carbocycles. The fraction of sp³-hybridized carbons (Fsp3) is 0.435. The molecule has 0 bridgehead atoms. The van der Waals surface area contributed by atoms with Gasteiger partial charge in [-0.1, -0.05) is 31.2 Å². The molecule has 2 heterocycles. The van der Waals surface area contributed by atoms with Crippen LogP contribution in [0.1, 0.15) is 42.8 Å². The Balaban J connectivity index is 1.67. The molecule has 2 aromatic carbocycles. The van der Waals surface area contributed by atoms with E-state index in [9.17, 15) is 4.39 Å². The Hall–Kier alpha value is -2.80. The molecule has 30 heavy (non-hydrogen) atoms. The Kier molecular flexibility index (Phi) is 6.08. The normalized spacial score (nSPS) is 16.5. The molecule has 0 spiro atoms. The summed E-state index contributed by atoms with van der Waals surface area (Å²) < 4.78 is 15.1. The van der Waals surface area contributed by atoms with Crippen LogP contribution in [-0.4, -0.2) is 52.3 Å². The van der Waals surface area contributed by atoms with Crippen molar-refractivity contribution >= 4 is 5.69 Å². The largest absolute Gasteiger partial charge is 0.378 e. The monoisotopic (exact) mass is 408 g/mol. The summed E-state index contributed by atoms with van der Waals surface area (Å²) in [6.45, 7) is 4.87. The van der Waals surface area contributed by atoms with Crippen LogP contribution in [0.4, 0.5) is 10.1 Å². The second-order valence-corrected chi connectivity index (χ2v) is 8.43. The second kappa shape index (κ2) is 8.92. The molecule has 0 N–H and O–H groups in total. The lowest BCUT2D eigenvalue weighted by atomic mass is 9.95. The maximum atomic E-state index is 13.3. The predicted molar refractivity (Wildman–Crippen MR) is 116 cm³/mol. The van der Waals surface area contributed by atoms with E-state index in [4.69, 9.17) is 0 Å². The Bertz CT molecular complexity index is 943. The van der Waals surface area contributed by atoms with E-state index in [1.807, 2.05) is 18.8 Å². The van der Waals surface area contributed by atoms with Crippen LogP contribution in [0.5, 0.6) is 0 Å². The molecule has 4 rings (SSSR count). The smallest absolute Gasteiger partial charge is 0.173 e. The van der Waals surface area contributed by atoms with Gasteiger partial charge >= 0.3 is 0 Å². The zero-order chi connectivity index (χ0) is 21.1. The van der Waals surface area contributed by atoms with E-state index in [2.05, 4.69) is 56.5 Å². The van der Waals surface area contributed by atoms with Gasteiger partial charge in [-0.15, -0.1) is 5.10 Å². The molecule has 1 aromatic heterocycles. The van der Waals surface area contributed by atoms with Gasteiger partial charge in [0, 0.05) is 19.8 Å². The molecule has 3 aromatic rings. The maximum absolute atomic E-state index is 13.3. The van der Waals surface area contributed by atoms with Crippen molar-refractivity contribution in [3.05, 3.63) is 71.3 Å². The molecule has 1 aliphatic rings. The third-order valence-electron chi connectivity index (χ3n) is 5.96. The summed E-state index contributed by atoms with van der Waals surface area (Å²) in [5.41, 5.74) is 3.32. The first-order valence-electron chi connectivity index (χ1n) is 10.5. The Morgan fingerprint density at radius 3 is 2.33 bits per heavy atom. The molecule has 1 aliphatic heterocycles. The van der Waals surface area contributed by atoms with Gasteiger partial charge in [-0.05, 0) is 77.7 Å². The molecular weight excluding hydrogens is 379 g/mol. The number of piperidine rings is 1. The SMILES string of the molecule is CC1CCN([C@@H](c2ccc(N(C)C)cc2)c2nnnn2Cc2ccc(F)cc2)CC1. The first-order valence-corrected chi connectivity index (χ1v) is 10.5. The highest BCUT2D eigenvalue weighted by molar-refractivity contribution is 5.47. The number of hydrogen-bond acceptors (Lipinski definition) is 5. The zero-order valence-electron chi connectivity index (χ0n) is 17.9. The first-order chi connectivity index (χ1) is 14.5. The number of hydrogen-bond donors (Lipinski definition) is 0. The highest BCUT2D eigenvalue weighted by Gasteiger charge is 2.30. The first kappa shape index (κ1) is 20.5. The maximum Gasteiger partial charge on any atom is 0.173 e. The molecule has 0 amide bonds. The molecule has 0 unspecified atom stereocenters. The van der Waals surface area contributed by atoms with Crippen molar-refractivity contribution in [3.8, 4) is 0 Å². The fourth-order valence-corrected chi connectivity index (χ4v) is 4.05. The highest BCUT2D eigenvalue weighted by atomic mass is 19.1. The minimum atomic E-state index is -0.239. The zero-order valence-corrected chi connectivity index (χ0v) is 17.9. The molecule has 7 heteroatoms. The molecule has 6 nitrogen and oxygen atoms in total. The average Bonchev–Trinajstić information content (AvgIpc) is 3.19. The fourth-order valence-electron chi connectivity index (χ4n) is 4.05. The number of aromatic nitrogens is 4. The second-order valence-electron chi connectivity index (χ2n) is 8.43. The van der Waals surface area contributed by atoms with Crippen molar-refractivity contribution in [1.82, 2.24) is 25.1 Å². The summed E-state index contributed by atoms with van der Waals surface area (Å²) in [6, 6.07) is 15.1. The Morgan fingerprint density at radius 1 is 1.03 bits per heavy atom. The lowest BCUT2D eigenvalue weighted by Gasteiger charge is -2.36. The molecule has 158 valence electrons. The molecule has 1 saturated heterocycles. The number of tetrazole rings is 1. The van der Waals surface area contributed by atoms with E-state index in [0.29, 0.717) is 6.54 Å². The van der Waals surface area contributed by atoms with Gasteiger partial charge < -0.3 is 4.90 Å². The standard InChI is InChI=1S/C23H29FN6/c1-17-12-14-29(15-13-17)22(19-6-10-21(11-7-19)28(2)3)23-25-26-27-30(23)16-18-4-8-20(24)9-5-18/h4-11,17,22H,12-16H2,1-3H3/t22-/m0/s1. The van der Waals surface area contributed by atoms with Crippen LogP contribution in [0.25, 0.3) is 0 Å². The number of halogens is 1. The van der Waals surface area contributed by atoms with Crippen LogP contribution in [-0.2, 0) is 6.54 Å². The van der Waals surface area contributed by atoms with Gasteiger partial charge in [0.1, 0.15) is 5.82 Å². The minimum absolute atomic E-state index is 0.0100. The summed E-state index contributed by atoms with van der Waals surface area (Å²) >= 11 is 0. The van der Waals surface area contributed by atoms with Gasteiger partial charge in [0.25, 0.3) is 0 Å². The molecule has 1 atom stereocenters. The molecular formula is C23H29FN6. The lowest BCUT2D eigenvalue weighted by molar-refractivity contribution is 0.150. The summed E-state index contributed by atoms with van der Waals surface area (Å²) in [4.78, 5) is 4.58. The van der Waals surface area contributed by atoms with E-state index in [1.165, 1.54) is 30.5 Å². The summed E-state index contributed by atoms with van der Waals surface area (Å²) in [5.74, 6) is 1.33. The van der Waals surface area contributed by atoms with Crippen LogP contribution < -0.4 is 4.90 Å². The summed E-state index contributed by atoms with van der Waals surface area (Å²) in [7, 11) is 4.09. The summed E-state index contributed by atoms with van der Waals surface area (Å²) in [6.07, 6.45) is 2.34. The van der Waals surface area contributed by atoms with E-state index in [0.717, 1.165) is 36.1 Å². The average molecular weight is 409 g/mol. The number of rotatable bonds is 6. The number of nitrogens with zero attached hydrogens (tertiary/aromatic N) is 6. The minimum Gasteiger partial charge on any atom is -0.378 e. The number of anilines is 1. The predicted octanol–water partition coefficient (Wildman–Crippen LogP) is 3.75. The van der Waals surface area contributed by atoms with E-state index in [1.54, 1.807) is 12.1 Å². The quantitative estimate of drug-likeness (QED) is 0.622. The van der Waals surface area contributed by atoms with Crippen molar-refractivity contribution in [2.75, 3.05) is 32.1 Å². The topological polar surface area (TPSA) is 50.1 Å². The highest BCUT2D eigenvalue weighted by Crippen LogP contribution is 2.32. The van der Waals surface area contributed by atoms with E-state index in [-0.39, 0.29) is 11.9 Å². The molecule has 0 radical (unpaired) electrons. The lowest BCUT2D eigenvalue weighted by Crippen LogP contribution is -2.38. The third kappa shape index (κ3) is 4.51. The Morgan fingerprint density at radius 2 is 1.70 bits per heavy atom. The van der Waals surface area contributed by atoms with Crippen LogP contribution in [0, 0.1) is 11.7 Å². The van der Waals surface area contributed by atoms with Gasteiger partial charge in [-0.2, -0.15) is 0 Å². The van der Waals surface area contributed by atoms with Crippen molar-refractivity contribution in [1.29, 1.82) is 0 Å². The van der Waals surface area contributed by atoms with E-state index >= 15 is 0 Å². The van der Waals surface area contributed by atoms with E-state index < -0.39 is 0 Å². The van der Waals surface area contributed by atoms with Gasteiger partial charge in [0.05, 0.1) is 12.6 Å². The van der Waals surface area contributed by atoms with Crippen molar-refractivity contribution in [3.63, 3.8) is 0 Å². The van der Waals surface area contributed by atoms with Gasteiger partial charge in [0.2, 0.25) is 0 Å². The Labute approximate surface area is 177 Å². The number of benzene rings is 2. The van der Waals surface area contributed by atoms with Crippen LogP contribution in [0.2, 0.25) is 0 Å². The third-order valence-corrected chi connectivity index (χ3v) is 5.96. The van der Waals surface area contributed by atoms with Crippen molar-refractivity contribution in [2.45, 2.75) is 32.4 Å². The van der Waals surface area contributed by atoms with Crippen LogP contribution >= 0.6 is 0 Å². The molecule has 1 fully saturated rings. The van der Waals surface area contributed by atoms with Crippen LogP contribution in [0.3, 0.4) is 0 Å². The van der Waals surface area contributed by atoms with Gasteiger partial charge in [0.15, 0.2) is 5.82 Å².